The minimum absolute atomic E-state index is 0.0582. The Bertz CT molecular complexity index is 756. The van der Waals surface area contributed by atoms with Gasteiger partial charge >= 0.3 is 0 Å². The molecule has 6 heteroatoms. The lowest BCUT2D eigenvalue weighted by molar-refractivity contribution is -0.133. The van der Waals surface area contributed by atoms with Crippen molar-refractivity contribution in [3.8, 4) is 0 Å². The van der Waals surface area contributed by atoms with E-state index in [0.29, 0.717) is 41.4 Å². The number of likely N-dealkylation sites (tertiary alicyclic amines) is 3. The van der Waals surface area contributed by atoms with Gasteiger partial charge in [-0.15, -0.1) is 0 Å². The Labute approximate surface area is 172 Å². The van der Waals surface area contributed by atoms with Gasteiger partial charge in [-0.25, -0.2) is 0 Å². The first-order chi connectivity index (χ1) is 13.3. The topological polar surface area (TPSA) is 43.9 Å². The van der Waals surface area contributed by atoms with Gasteiger partial charge in [0.1, 0.15) is 0 Å². The first-order valence-electron chi connectivity index (χ1n) is 10.4. The van der Waals surface area contributed by atoms with Crippen LogP contribution in [0, 0.1) is 17.8 Å². The van der Waals surface area contributed by atoms with Gasteiger partial charge in [0, 0.05) is 56.3 Å². The average Bonchev–Trinajstić information content (AvgIpc) is 3.16. The van der Waals surface area contributed by atoms with Gasteiger partial charge in [0.05, 0.1) is 11.5 Å². The Morgan fingerprint density at radius 1 is 1.18 bits per heavy atom. The first kappa shape index (κ1) is 19.7. The first-order valence-corrected chi connectivity index (χ1v) is 10.7. The summed E-state index contributed by atoms with van der Waals surface area (Å²) in [6.45, 7) is 8.82. The number of piperidine rings is 1. The van der Waals surface area contributed by atoms with Crippen LogP contribution in [0.4, 0.5) is 0 Å². The van der Waals surface area contributed by atoms with Crippen LogP contribution in [0.3, 0.4) is 0 Å². The molecule has 5 nitrogen and oxygen atoms in total. The highest BCUT2D eigenvalue weighted by Gasteiger charge is 2.60. The van der Waals surface area contributed by atoms with Crippen molar-refractivity contribution in [2.45, 2.75) is 32.2 Å². The van der Waals surface area contributed by atoms with E-state index in [0.717, 1.165) is 32.5 Å². The van der Waals surface area contributed by atoms with E-state index in [1.807, 2.05) is 16.8 Å². The molecule has 0 radical (unpaired) electrons. The molecule has 0 N–H and O–H groups in total. The summed E-state index contributed by atoms with van der Waals surface area (Å²) in [5.41, 5.74) is 0.586. The fourth-order valence-corrected chi connectivity index (χ4v) is 5.77. The summed E-state index contributed by atoms with van der Waals surface area (Å²) in [5, 5.41) is 0.637. The summed E-state index contributed by atoms with van der Waals surface area (Å²) in [7, 11) is 1.98. The smallest absolute Gasteiger partial charge is 0.253 e. The molecule has 0 unspecified atom stereocenters. The molecular weight excluding hydrogens is 374 g/mol. The van der Waals surface area contributed by atoms with E-state index in [9.17, 15) is 9.59 Å². The van der Waals surface area contributed by atoms with Crippen molar-refractivity contribution in [1.82, 2.24) is 14.7 Å². The number of halogens is 1. The summed E-state index contributed by atoms with van der Waals surface area (Å²) in [6.07, 6.45) is 1.73. The lowest BCUT2D eigenvalue weighted by Crippen LogP contribution is -2.56. The monoisotopic (exact) mass is 403 g/mol. The number of carbonyl (C=O) groups is 2. The largest absolute Gasteiger partial charge is 0.339 e. The van der Waals surface area contributed by atoms with E-state index in [4.69, 9.17) is 11.6 Å². The van der Waals surface area contributed by atoms with Crippen LogP contribution >= 0.6 is 11.6 Å². The van der Waals surface area contributed by atoms with Crippen molar-refractivity contribution < 1.29 is 9.59 Å². The Morgan fingerprint density at radius 2 is 1.82 bits per heavy atom. The van der Waals surface area contributed by atoms with Crippen LogP contribution in [0.25, 0.3) is 0 Å². The Balaban J connectivity index is 1.47. The molecule has 3 aliphatic rings. The van der Waals surface area contributed by atoms with Gasteiger partial charge in [0.2, 0.25) is 5.91 Å². The second-order valence-electron chi connectivity index (χ2n) is 9.13. The quantitative estimate of drug-likeness (QED) is 0.779. The molecule has 3 fully saturated rings. The number of hydrogen-bond donors (Lipinski definition) is 0. The minimum atomic E-state index is -0.0930. The second-order valence-corrected chi connectivity index (χ2v) is 9.56. The van der Waals surface area contributed by atoms with E-state index < -0.39 is 0 Å². The van der Waals surface area contributed by atoms with Gasteiger partial charge in [-0.05, 0) is 43.0 Å². The van der Waals surface area contributed by atoms with Gasteiger partial charge in [-0.1, -0.05) is 25.4 Å². The lowest BCUT2D eigenvalue weighted by Gasteiger charge is -2.46. The fourth-order valence-electron chi connectivity index (χ4n) is 5.64. The normalized spacial score (nSPS) is 27.1. The zero-order valence-corrected chi connectivity index (χ0v) is 17.8. The molecule has 1 spiro atoms. The average molecular weight is 404 g/mol. The van der Waals surface area contributed by atoms with E-state index in [1.165, 1.54) is 0 Å². The summed E-state index contributed by atoms with van der Waals surface area (Å²) < 4.78 is 0. The fraction of sp³-hybridized carbons (Fsp3) is 0.636. The SMILES string of the molecule is CC(C)CN1C[C@H]2C(=O)N(C)C3(CCN(C(=O)c4ccc(Cl)cc4)CC3)[C@H]2C1. The molecule has 0 aliphatic carbocycles. The van der Waals surface area contributed by atoms with Crippen LogP contribution in [0.2, 0.25) is 5.02 Å². The molecule has 0 saturated carbocycles. The molecule has 0 aromatic heterocycles. The van der Waals surface area contributed by atoms with Gasteiger partial charge in [0.15, 0.2) is 0 Å². The van der Waals surface area contributed by atoms with Crippen molar-refractivity contribution in [3.05, 3.63) is 34.9 Å². The number of fused-ring (bicyclic) bond motifs is 2. The number of benzene rings is 1. The standard InChI is InChI=1S/C22H30ClN3O2/c1-15(2)12-25-13-18-19(14-25)22(24(3)21(18)28)8-10-26(11-9-22)20(27)16-4-6-17(23)7-5-16/h4-7,15,18-19H,8-14H2,1-3H3/t18-,19+/m1/s1. The van der Waals surface area contributed by atoms with Crippen molar-refractivity contribution in [3.63, 3.8) is 0 Å². The minimum Gasteiger partial charge on any atom is -0.339 e. The zero-order chi connectivity index (χ0) is 20.1. The third kappa shape index (κ3) is 3.22. The molecule has 0 bridgehead atoms. The number of rotatable bonds is 3. The lowest BCUT2D eigenvalue weighted by atomic mass is 9.75. The third-order valence-corrected chi connectivity index (χ3v) is 7.28. The molecule has 3 aliphatic heterocycles. The summed E-state index contributed by atoms with van der Waals surface area (Å²) in [6, 6.07) is 7.10. The van der Waals surface area contributed by atoms with E-state index >= 15 is 0 Å². The molecule has 2 atom stereocenters. The number of nitrogens with zero attached hydrogens (tertiary/aromatic N) is 3. The summed E-state index contributed by atoms with van der Waals surface area (Å²) >= 11 is 5.94. The van der Waals surface area contributed by atoms with E-state index in [-0.39, 0.29) is 17.4 Å². The van der Waals surface area contributed by atoms with E-state index in [1.54, 1.807) is 24.3 Å². The van der Waals surface area contributed by atoms with Crippen molar-refractivity contribution in [1.29, 1.82) is 0 Å². The highest BCUT2D eigenvalue weighted by atomic mass is 35.5. The van der Waals surface area contributed by atoms with Gasteiger partial charge in [-0.3, -0.25) is 9.59 Å². The van der Waals surface area contributed by atoms with Crippen LogP contribution < -0.4 is 0 Å². The zero-order valence-electron chi connectivity index (χ0n) is 17.0. The van der Waals surface area contributed by atoms with Gasteiger partial charge in [0.25, 0.3) is 5.91 Å². The molecule has 152 valence electrons. The maximum absolute atomic E-state index is 13.0. The molecule has 3 saturated heterocycles. The molecule has 2 amide bonds. The third-order valence-electron chi connectivity index (χ3n) is 7.03. The molecule has 1 aromatic rings. The maximum Gasteiger partial charge on any atom is 0.253 e. The van der Waals surface area contributed by atoms with Crippen LogP contribution in [-0.2, 0) is 4.79 Å². The van der Waals surface area contributed by atoms with Crippen LogP contribution in [0.5, 0.6) is 0 Å². The molecule has 4 rings (SSSR count). The molecule has 1 aromatic carbocycles. The Morgan fingerprint density at radius 3 is 2.43 bits per heavy atom. The van der Waals surface area contributed by atoms with Crippen LogP contribution in [-0.4, -0.2) is 71.8 Å². The van der Waals surface area contributed by atoms with Crippen LogP contribution in [0.1, 0.15) is 37.0 Å². The molecular formula is C22H30ClN3O2. The van der Waals surface area contributed by atoms with Gasteiger partial charge in [-0.2, -0.15) is 0 Å². The van der Waals surface area contributed by atoms with Crippen molar-refractivity contribution in [2.24, 2.45) is 17.8 Å². The van der Waals surface area contributed by atoms with Crippen LogP contribution in [0.15, 0.2) is 24.3 Å². The Hall–Kier alpha value is -1.59. The number of amides is 2. The van der Waals surface area contributed by atoms with Gasteiger partial charge < -0.3 is 14.7 Å². The molecule has 3 heterocycles. The number of carbonyl (C=O) groups excluding carboxylic acids is 2. The predicted molar refractivity (Wildman–Crippen MR) is 110 cm³/mol. The second kappa shape index (κ2) is 7.34. The Kier molecular flexibility index (Phi) is 5.17. The van der Waals surface area contributed by atoms with Crippen molar-refractivity contribution >= 4 is 23.4 Å². The highest BCUT2D eigenvalue weighted by molar-refractivity contribution is 6.30. The maximum atomic E-state index is 13.0. The molecule has 28 heavy (non-hydrogen) atoms. The predicted octanol–water partition coefficient (Wildman–Crippen LogP) is 2.99. The van der Waals surface area contributed by atoms with E-state index in [2.05, 4.69) is 18.7 Å². The highest BCUT2D eigenvalue weighted by Crippen LogP contribution is 2.49. The number of hydrogen-bond acceptors (Lipinski definition) is 3. The van der Waals surface area contributed by atoms with Crippen molar-refractivity contribution in [2.75, 3.05) is 39.8 Å². The summed E-state index contributed by atoms with van der Waals surface area (Å²) in [4.78, 5) is 32.3. The summed E-state index contributed by atoms with van der Waals surface area (Å²) in [5.74, 6) is 1.48.